The fraction of sp³-hybridized carbons (Fsp3) is 0.0909. The molecule has 0 spiro atoms. The van der Waals surface area contributed by atoms with Crippen molar-refractivity contribution in [1.29, 1.82) is 0 Å². The van der Waals surface area contributed by atoms with Gasteiger partial charge in [0, 0.05) is 29.7 Å². The number of nitrogens with one attached hydrogen (secondary N) is 1. The monoisotopic (exact) mass is 236 g/mol. The molecule has 0 aliphatic rings. The maximum absolute atomic E-state index is 11.2. The number of aromatic nitrogens is 2. The molecule has 0 unspecified atom stereocenters. The molecule has 0 aliphatic heterocycles. The number of hydrogen-bond acceptors (Lipinski definition) is 3. The van der Waals surface area contributed by atoms with Gasteiger partial charge in [-0.15, -0.1) is 0 Å². The van der Waals surface area contributed by atoms with Gasteiger partial charge in [0.1, 0.15) is 5.69 Å². The number of pyridine rings is 1. The van der Waals surface area contributed by atoms with Crippen LogP contribution in [0.25, 0.3) is 11.1 Å². The average molecular weight is 237 g/mol. The van der Waals surface area contributed by atoms with Crippen molar-refractivity contribution < 1.29 is 9.53 Å². The van der Waals surface area contributed by atoms with E-state index in [0.717, 1.165) is 11.1 Å². The first-order chi connectivity index (χ1) is 7.72. The van der Waals surface area contributed by atoms with E-state index in [4.69, 9.17) is 11.6 Å². The summed E-state index contributed by atoms with van der Waals surface area (Å²) in [5.41, 5.74) is 2.04. The van der Waals surface area contributed by atoms with Crippen LogP contribution in [-0.4, -0.2) is 23.0 Å². The number of hydrogen-bond donors (Lipinski definition) is 1. The van der Waals surface area contributed by atoms with Crippen LogP contribution in [0.4, 0.5) is 0 Å². The van der Waals surface area contributed by atoms with Gasteiger partial charge in [0.25, 0.3) is 0 Å². The van der Waals surface area contributed by atoms with Crippen LogP contribution in [0.3, 0.4) is 0 Å². The minimum atomic E-state index is -0.406. The maximum atomic E-state index is 11.2. The SMILES string of the molecule is COC(=O)c1cc(-c2ccncc2Cl)c[nH]1. The number of aromatic amines is 1. The molecule has 5 heteroatoms. The lowest BCUT2D eigenvalue weighted by molar-refractivity contribution is 0.0595. The number of nitrogens with zero attached hydrogens (tertiary/aromatic N) is 1. The Labute approximate surface area is 97.2 Å². The van der Waals surface area contributed by atoms with Crippen LogP contribution in [0.2, 0.25) is 5.02 Å². The molecule has 0 saturated carbocycles. The summed E-state index contributed by atoms with van der Waals surface area (Å²) in [5, 5.41) is 0.540. The third-order valence-corrected chi connectivity index (χ3v) is 2.47. The van der Waals surface area contributed by atoms with E-state index in [1.54, 1.807) is 30.7 Å². The smallest absolute Gasteiger partial charge is 0.354 e. The Hall–Kier alpha value is -1.81. The van der Waals surface area contributed by atoms with Crippen LogP contribution in [0.1, 0.15) is 10.5 Å². The highest BCUT2D eigenvalue weighted by Crippen LogP contribution is 2.27. The lowest BCUT2D eigenvalue weighted by Gasteiger charge is -1.98. The van der Waals surface area contributed by atoms with Gasteiger partial charge in [-0.25, -0.2) is 4.79 Å². The van der Waals surface area contributed by atoms with Crippen molar-refractivity contribution in [2.24, 2.45) is 0 Å². The molecule has 0 atom stereocenters. The molecule has 0 aliphatic carbocycles. The number of methoxy groups -OCH3 is 1. The Balaban J connectivity index is 2.39. The Morgan fingerprint density at radius 2 is 2.38 bits per heavy atom. The van der Waals surface area contributed by atoms with Crippen molar-refractivity contribution in [3.8, 4) is 11.1 Å². The zero-order valence-electron chi connectivity index (χ0n) is 8.53. The number of carbonyl (C=O) groups excluding carboxylic acids is 1. The van der Waals surface area contributed by atoms with Crippen LogP contribution in [0, 0.1) is 0 Å². The first kappa shape index (κ1) is 10.7. The molecule has 4 nitrogen and oxygen atoms in total. The van der Waals surface area contributed by atoms with Gasteiger partial charge >= 0.3 is 5.97 Å². The molecular weight excluding hydrogens is 228 g/mol. The molecular formula is C11H9ClN2O2. The molecule has 0 saturated heterocycles. The van der Waals surface area contributed by atoms with Crippen molar-refractivity contribution in [2.75, 3.05) is 7.11 Å². The second kappa shape index (κ2) is 4.37. The molecule has 2 aromatic heterocycles. The van der Waals surface area contributed by atoms with Gasteiger partial charge in [-0.05, 0) is 12.1 Å². The predicted molar refractivity (Wildman–Crippen MR) is 60.4 cm³/mol. The van der Waals surface area contributed by atoms with E-state index in [0.29, 0.717) is 10.7 Å². The highest BCUT2D eigenvalue weighted by Gasteiger charge is 2.10. The summed E-state index contributed by atoms with van der Waals surface area (Å²) < 4.78 is 4.60. The van der Waals surface area contributed by atoms with Gasteiger partial charge in [-0.1, -0.05) is 11.6 Å². The summed E-state index contributed by atoms with van der Waals surface area (Å²) in [6.45, 7) is 0. The second-order valence-electron chi connectivity index (χ2n) is 3.15. The van der Waals surface area contributed by atoms with Crippen LogP contribution >= 0.6 is 11.6 Å². The van der Waals surface area contributed by atoms with Crippen LogP contribution in [0.5, 0.6) is 0 Å². The van der Waals surface area contributed by atoms with Crippen molar-refractivity contribution in [3.63, 3.8) is 0 Å². The van der Waals surface area contributed by atoms with Gasteiger partial charge in [0.05, 0.1) is 12.1 Å². The first-order valence-corrected chi connectivity index (χ1v) is 4.97. The van der Waals surface area contributed by atoms with Gasteiger partial charge < -0.3 is 9.72 Å². The largest absolute Gasteiger partial charge is 0.464 e. The molecule has 0 bridgehead atoms. The van der Waals surface area contributed by atoms with E-state index >= 15 is 0 Å². The van der Waals surface area contributed by atoms with Crippen molar-refractivity contribution in [2.45, 2.75) is 0 Å². The fourth-order valence-electron chi connectivity index (χ4n) is 1.39. The third-order valence-electron chi connectivity index (χ3n) is 2.17. The predicted octanol–water partition coefficient (Wildman–Crippen LogP) is 2.52. The number of esters is 1. The van der Waals surface area contributed by atoms with Crippen molar-refractivity contribution in [1.82, 2.24) is 9.97 Å². The standard InChI is InChI=1S/C11H9ClN2O2/c1-16-11(15)10-4-7(5-14-10)8-2-3-13-6-9(8)12/h2-6,14H,1H3. The first-order valence-electron chi connectivity index (χ1n) is 4.59. The molecule has 2 aromatic rings. The summed E-state index contributed by atoms with van der Waals surface area (Å²) in [6, 6.07) is 3.47. The zero-order valence-corrected chi connectivity index (χ0v) is 9.28. The van der Waals surface area contributed by atoms with E-state index in [2.05, 4.69) is 14.7 Å². The number of carbonyl (C=O) groups is 1. The number of H-pyrrole nitrogens is 1. The zero-order chi connectivity index (χ0) is 11.5. The third kappa shape index (κ3) is 1.92. The lowest BCUT2D eigenvalue weighted by Crippen LogP contribution is -2.00. The van der Waals surface area contributed by atoms with Crippen LogP contribution in [-0.2, 0) is 4.74 Å². The molecule has 0 fully saturated rings. The summed E-state index contributed by atoms with van der Waals surface area (Å²) in [7, 11) is 1.34. The van der Waals surface area contributed by atoms with E-state index in [1.165, 1.54) is 7.11 Å². The van der Waals surface area contributed by atoms with E-state index in [-0.39, 0.29) is 0 Å². The Kier molecular flexibility index (Phi) is 2.92. The van der Waals surface area contributed by atoms with Crippen molar-refractivity contribution in [3.05, 3.63) is 41.4 Å². The quantitative estimate of drug-likeness (QED) is 0.816. The van der Waals surface area contributed by atoms with Crippen molar-refractivity contribution >= 4 is 17.6 Å². The van der Waals surface area contributed by atoms with Gasteiger partial charge in [-0.2, -0.15) is 0 Å². The minimum Gasteiger partial charge on any atom is -0.464 e. The molecule has 0 amide bonds. The van der Waals surface area contributed by atoms with Gasteiger partial charge in [0.15, 0.2) is 0 Å². The second-order valence-corrected chi connectivity index (χ2v) is 3.56. The number of halogens is 1. The molecule has 82 valence electrons. The summed E-state index contributed by atoms with van der Waals surface area (Å²) in [6.07, 6.45) is 4.90. The summed E-state index contributed by atoms with van der Waals surface area (Å²) in [4.78, 5) is 18.0. The topological polar surface area (TPSA) is 55.0 Å². The Morgan fingerprint density at radius 3 is 3.06 bits per heavy atom. The molecule has 0 radical (unpaired) electrons. The summed E-state index contributed by atoms with van der Waals surface area (Å²) >= 11 is 5.99. The van der Waals surface area contributed by atoms with Gasteiger partial charge in [-0.3, -0.25) is 4.98 Å². The normalized spacial score (nSPS) is 10.1. The number of ether oxygens (including phenoxy) is 1. The molecule has 0 aromatic carbocycles. The van der Waals surface area contributed by atoms with E-state index in [9.17, 15) is 4.79 Å². The number of rotatable bonds is 2. The molecule has 2 heterocycles. The molecule has 16 heavy (non-hydrogen) atoms. The average Bonchev–Trinajstić information content (AvgIpc) is 2.78. The van der Waals surface area contributed by atoms with E-state index < -0.39 is 5.97 Å². The maximum Gasteiger partial charge on any atom is 0.354 e. The highest BCUT2D eigenvalue weighted by molar-refractivity contribution is 6.33. The van der Waals surface area contributed by atoms with Crippen LogP contribution < -0.4 is 0 Å². The highest BCUT2D eigenvalue weighted by atomic mass is 35.5. The fourth-order valence-corrected chi connectivity index (χ4v) is 1.62. The Bertz CT molecular complexity index is 522. The minimum absolute atomic E-state index is 0.394. The Morgan fingerprint density at radius 1 is 1.56 bits per heavy atom. The van der Waals surface area contributed by atoms with E-state index in [1.807, 2.05) is 0 Å². The van der Waals surface area contributed by atoms with Gasteiger partial charge in [0.2, 0.25) is 0 Å². The molecule has 1 N–H and O–H groups in total. The lowest BCUT2D eigenvalue weighted by atomic mass is 10.1. The van der Waals surface area contributed by atoms with Crippen LogP contribution in [0.15, 0.2) is 30.7 Å². The summed E-state index contributed by atoms with van der Waals surface area (Å²) in [5.74, 6) is -0.406. The molecule has 2 rings (SSSR count).